The molecule has 204 valence electrons. The maximum absolute atomic E-state index is 14.6. The van der Waals surface area contributed by atoms with Crippen LogP contribution in [0.25, 0.3) is 16.9 Å². The number of ether oxygens (including phenoxy) is 4. The van der Waals surface area contributed by atoms with Gasteiger partial charge in [0.25, 0.3) is 0 Å². The first-order valence-corrected chi connectivity index (χ1v) is 12.3. The molecule has 0 bridgehead atoms. The fraction of sp³-hybridized carbons (Fsp3) is 0.276. The zero-order chi connectivity index (χ0) is 27.5. The number of rotatable bonds is 8. The van der Waals surface area contributed by atoms with Crippen molar-refractivity contribution in [2.45, 2.75) is 31.4 Å². The minimum absolute atomic E-state index is 0.0358. The van der Waals surface area contributed by atoms with E-state index in [-0.39, 0.29) is 12.4 Å². The van der Waals surface area contributed by atoms with E-state index in [1.54, 1.807) is 17.9 Å². The molecule has 1 aromatic heterocycles. The molecule has 0 radical (unpaired) electrons. The summed E-state index contributed by atoms with van der Waals surface area (Å²) in [5.41, 5.74) is 2.66. The fourth-order valence-corrected chi connectivity index (χ4v) is 4.68. The summed E-state index contributed by atoms with van der Waals surface area (Å²) in [7, 11) is 1.61. The van der Waals surface area contributed by atoms with Gasteiger partial charge in [-0.1, -0.05) is 30.3 Å². The lowest BCUT2D eigenvalue weighted by molar-refractivity contribution is -0.274. The van der Waals surface area contributed by atoms with Crippen LogP contribution in [0.3, 0.4) is 0 Å². The van der Waals surface area contributed by atoms with E-state index >= 15 is 0 Å². The van der Waals surface area contributed by atoms with Gasteiger partial charge < -0.3 is 18.9 Å². The summed E-state index contributed by atoms with van der Waals surface area (Å²) in [6.07, 6.45) is -3.58. The minimum Gasteiger partial charge on any atom is -0.487 e. The number of benzene rings is 3. The topological polar surface area (TPSA) is 54.7 Å². The van der Waals surface area contributed by atoms with Gasteiger partial charge in [-0.2, -0.15) is 5.10 Å². The van der Waals surface area contributed by atoms with E-state index in [1.807, 2.05) is 36.4 Å². The van der Waals surface area contributed by atoms with Gasteiger partial charge in [-0.25, -0.2) is 9.07 Å². The van der Waals surface area contributed by atoms with Crippen LogP contribution < -0.4 is 9.47 Å². The molecule has 1 saturated heterocycles. The number of aromatic nitrogens is 2. The second-order valence-electron chi connectivity index (χ2n) is 9.12. The van der Waals surface area contributed by atoms with Crippen molar-refractivity contribution < 1.29 is 36.5 Å². The van der Waals surface area contributed by atoms with E-state index in [9.17, 15) is 17.6 Å². The first kappa shape index (κ1) is 26.7. The quantitative estimate of drug-likeness (QED) is 0.229. The van der Waals surface area contributed by atoms with Crippen LogP contribution in [-0.2, 0) is 21.7 Å². The highest BCUT2D eigenvalue weighted by molar-refractivity contribution is 5.62. The molecule has 0 amide bonds. The molecule has 0 aliphatic carbocycles. The van der Waals surface area contributed by atoms with E-state index in [1.165, 1.54) is 36.4 Å². The Bertz CT molecular complexity index is 1400. The van der Waals surface area contributed by atoms with Gasteiger partial charge in [-0.05, 0) is 48.0 Å². The van der Waals surface area contributed by atoms with Gasteiger partial charge in [0.1, 0.15) is 29.6 Å². The number of hydrogen-bond donors (Lipinski definition) is 0. The Morgan fingerprint density at radius 2 is 1.64 bits per heavy atom. The van der Waals surface area contributed by atoms with Crippen LogP contribution in [-0.4, -0.2) is 36.5 Å². The molecular weight excluding hydrogens is 516 g/mol. The Labute approximate surface area is 222 Å². The van der Waals surface area contributed by atoms with Crippen LogP contribution in [0.5, 0.6) is 11.5 Å². The SMILES string of the molecule is COC1(c2cc(F)cc(OCc3cc(-c4ccccc4)n(-c4ccc(OC(F)(F)F)cc4)n3)c2)CCOCC1. The molecule has 1 fully saturated rings. The van der Waals surface area contributed by atoms with E-state index in [2.05, 4.69) is 9.84 Å². The molecule has 0 N–H and O–H groups in total. The molecule has 1 aliphatic heterocycles. The normalized spacial score (nSPS) is 15.2. The summed E-state index contributed by atoms with van der Waals surface area (Å²) >= 11 is 0. The predicted molar refractivity (Wildman–Crippen MR) is 135 cm³/mol. The zero-order valence-corrected chi connectivity index (χ0v) is 21.1. The Kier molecular flexibility index (Phi) is 7.58. The molecule has 0 unspecified atom stereocenters. The highest BCUT2D eigenvalue weighted by atomic mass is 19.4. The van der Waals surface area contributed by atoms with Crippen molar-refractivity contribution in [2.75, 3.05) is 20.3 Å². The maximum atomic E-state index is 14.6. The third kappa shape index (κ3) is 6.23. The van der Waals surface area contributed by atoms with Crippen LogP contribution in [0.15, 0.2) is 78.9 Å². The second-order valence-corrected chi connectivity index (χ2v) is 9.12. The summed E-state index contributed by atoms with van der Waals surface area (Å²) in [4.78, 5) is 0. The van der Waals surface area contributed by atoms with Crippen LogP contribution in [0.2, 0.25) is 0 Å². The lowest BCUT2D eigenvalue weighted by Crippen LogP contribution is -2.35. The van der Waals surface area contributed by atoms with Crippen LogP contribution in [0.1, 0.15) is 24.1 Å². The van der Waals surface area contributed by atoms with Gasteiger partial charge in [0.2, 0.25) is 0 Å². The summed E-state index contributed by atoms with van der Waals surface area (Å²) in [6.45, 7) is 1.07. The van der Waals surface area contributed by atoms with E-state index in [0.717, 1.165) is 5.56 Å². The van der Waals surface area contributed by atoms with Crippen molar-refractivity contribution in [3.63, 3.8) is 0 Å². The second kappa shape index (κ2) is 11.1. The molecule has 10 heteroatoms. The molecule has 2 heterocycles. The van der Waals surface area contributed by atoms with Gasteiger partial charge in [0.05, 0.1) is 17.0 Å². The van der Waals surface area contributed by atoms with Crippen LogP contribution in [0, 0.1) is 5.82 Å². The summed E-state index contributed by atoms with van der Waals surface area (Å²) < 4.78 is 75.2. The van der Waals surface area contributed by atoms with Crippen molar-refractivity contribution in [2.24, 2.45) is 0 Å². The van der Waals surface area contributed by atoms with Gasteiger partial charge >= 0.3 is 6.36 Å². The molecule has 0 saturated carbocycles. The largest absolute Gasteiger partial charge is 0.573 e. The van der Waals surface area contributed by atoms with E-state index < -0.39 is 17.8 Å². The average molecular weight is 543 g/mol. The first-order valence-electron chi connectivity index (χ1n) is 12.3. The molecule has 0 spiro atoms. The molecule has 1 aliphatic rings. The summed E-state index contributed by atoms with van der Waals surface area (Å²) in [5.74, 6) is -0.442. The number of halogens is 4. The molecule has 3 aromatic carbocycles. The predicted octanol–water partition coefficient (Wildman–Crippen LogP) is 6.81. The average Bonchev–Trinajstić information content (AvgIpc) is 3.36. The Balaban J connectivity index is 1.42. The Hall–Kier alpha value is -3.89. The lowest BCUT2D eigenvalue weighted by atomic mass is 9.86. The lowest BCUT2D eigenvalue weighted by Gasteiger charge is -2.36. The van der Waals surface area contributed by atoms with Gasteiger partial charge in [-0.3, -0.25) is 0 Å². The van der Waals surface area contributed by atoms with Crippen LogP contribution >= 0.6 is 0 Å². The van der Waals surface area contributed by atoms with Crippen molar-refractivity contribution in [1.82, 2.24) is 9.78 Å². The summed E-state index contributed by atoms with van der Waals surface area (Å²) in [5, 5.41) is 4.63. The molecular formula is C29H26F4N2O4. The molecule has 5 rings (SSSR count). The molecule has 4 aromatic rings. The summed E-state index contributed by atoms with van der Waals surface area (Å²) in [6, 6.07) is 21.2. The number of hydrogen-bond acceptors (Lipinski definition) is 5. The molecule has 39 heavy (non-hydrogen) atoms. The third-order valence-electron chi connectivity index (χ3n) is 6.62. The van der Waals surface area contributed by atoms with Gasteiger partial charge in [0.15, 0.2) is 0 Å². The van der Waals surface area contributed by atoms with Crippen molar-refractivity contribution >= 4 is 0 Å². The minimum atomic E-state index is -4.78. The monoisotopic (exact) mass is 542 g/mol. The Morgan fingerprint density at radius 1 is 0.923 bits per heavy atom. The standard InChI is InChI=1S/C29H26F4N2O4/c1-36-28(11-13-37-14-12-28)21-15-22(30)17-26(16-21)38-19-23-18-27(20-5-3-2-4-6-20)35(34-23)24-7-9-25(10-8-24)39-29(31,32)33/h2-10,15-18H,11-14,19H2,1H3. The van der Waals surface area contributed by atoms with Gasteiger partial charge in [-0.15, -0.1) is 13.2 Å². The van der Waals surface area contributed by atoms with Crippen molar-refractivity contribution in [3.8, 4) is 28.4 Å². The number of alkyl halides is 3. The smallest absolute Gasteiger partial charge is 0.487 e. The Morgan fingerprint density at radius 3 is 2.31 bits per heavy atom. The van der Waals surface area contributed by atoms with E-state index in [0.29, 0.717) is 54.4 Å². The maximum Gasteiger partial charge on any atom is 0.573 e. The van der Waals surface area contributed by atoms with Crippen molar-refractivity contribution in [1.29, 1.82) is 0 Å². The third-order valence-corrected chi connectivity index (χ3v) is 6.62. The zero-order valence-electron chi connectivity index (χ0n) is 21.1. The van der Waals surface area contributed by atoms with Gasteiger partial charge in [0, 0.05) is 44.8 Å². The number of methoxy groups -OCH3 is 1. The molecule has 6 nitrogen and oxygen atoms in total. The molecule has 0 atom stereocenters. The van der Waals surface area contributed by atoms with Crippen molar-refractivity contribution in [3.05, 3.63) is 95.9 Å². The fourth-order valence-electron chi connectivity index (χ4n) is 4.68. The highest BCUT2D eigenvalue weighted by Gasteiger charge is 2.35. The van der Waals surface area contributed by atoms with Crippen LogP contribution in [0.4, 0.5) is 17.6 Å². The highest BCUT2D eigenvalue weighted by Crippen LogP contribution is 2.37. The first-order chi connectivity index (χ1) is 18.7. The number of nitrogens with zero attached hydrogens (tertiary/aromatic N) is 2. The van der Waals surface area contributed by atoms with E-state index in [4.69, 9.17) is 14.2 Å².